The van der Waals surface area contributed by atoms with E-state index < -0.39 is 0 Å². The molecule has 0 radical (unpaired) electrons. The van der Waals surface area contributed by atoms with E-state index in [2.05, 4.69) is 37.6 Å². The second-order valence-electron chi connectivity index (χ2n) is 10.4. The lowest BCUT2D eigenvalue weighted by atomic mass is 9.94. The summed E-state index contributed by atoms with van der Waals surface area (Å²) in [5.41, 5.74) is 4.81. The largest absolute Gasteiger partial charge is 0.493 e. The van der Waals surface area contributed by atoms with E-state index in [1.54, 1.807) is 26.4 Å². The summed E-state index contributed by atoms with van der Waals surface area (Å²) >= 11 is 0. The number of methoxy groups -OCH3 is 2. The predicted molar refractivity (Wildman–Crippen MR) is 173 cm³/mol. The molecule has 11 nitrogen and oxygen atoms in total. The Morgan fingerprint density at radius 3 is 2.44 bits per heavy atom. The molecule has 0 bridgehead atoms. The molecule has 0 atom stereocenters. The van der Waals surface area contributed by atoms with Crippen LogP contribution in [0.3, 0.4) is 0 Å². The molecule has 45 heavy (non-hydrogen) atoms. The second-order valence-corrected chi connectivity index (χ2v) is 10.4. The lowest BCUT2D eigenvalue weighted by Gasteiger charge is -2.29. The second kappa shape index (κ2) is 13.6. The standard InChI is InChI=1S/C34H33N5O6/c1-42-15-16-45-33-20-30-28(19-32(33)43-2)34(36-21-35-30)38-29-9-5-23(17-26(29)27-18-25(40)8-10-31(27)41)37-22-3-6-24(7-4-22)39-11-13-44-14-12-39/h3-10,17-21,37H,11-16H2,1-2H3,(H,35,36,38). The highest BCUT2D eigenvalue weighted by atomic mass is 16.5. The lowest BCUT2D eigenvalue weighted by Crippen LogP contribution is -2.36. The van der Waals surface area contributed by atoms with E-state index in [1.165, 1.54) is 24.6 Å². The summed E-state index contributed by atoms with van der Waals surface area (Å²) in [6.07, 6.45) is 5.37. The molecule has 0 amide bonds. The van der Waals surface area contributed by atoms with Crippen LogP contribution < -0.4 is 25.0 Å². The monoisotopic (exact) mass is 607 g/mol. The molecule has 1 aliphatic carbocycles. The average Bonchev–Trinajstić information content (AvgIpc) is 3.07. The highest BCUT2D eigenvalue weighted by molar-refractivity contribution is 6.34. The average molecular weight is 608 g/mol. The molecule has 11 heteroatoms. The molecule has 2 aliphatic rings. The van der Waals surface area contributed by atoms with E-state index in [1.807, 2.05) is 30.3 Å². The van der Waals surface area contributed by atoms with Gasteiger partial charge in [0.15, 0.2) is 23.1 Å². The van der Waals surface area contributed by atoms with E-state index in [9.17, 15) is 9.59 Å². The molecule has 0 saturated carbocycles. The maximum absolute atomic E-state index is 13.0. The van der Waals surface area contributed by atoms with Crippen molar-refractivity contribution < 1.29 is 28.5 Å². The molecular formula is C34H33N5O6. The number of aromatic nitrogens is 2. The van der Waals surface area contributed by atoms with Gasteiger partial charge in [0.2, 0.25) is 0 Å². The molecule has 0 spiro atoms. The van der Waals surface area contributed by atoms with Crippen LogP contribution in [0.5, 0.6) is 11.5 Å². The first-order chi connectivity index (χ1) is 22.0. The fourth-order valence-corrected chi connectivity index (χ4v) is 5.22. The van der Waals surface area contributed by atoms with E-state index >= 15 is 0 Å². The number of hydrogen-bond donors (Lipinski definition) is 2. The van der Waals surface area contributed by atoms with Crippen molar-refractivity contribution in [3.63, 3.8) is 0 Å². The van der Waals surface area contributed by atoms with Gasteiger partial charge in [0.05, 0.1) is 32.4 Å². The first-order valence-electron chi connectivity index (χ1n) is 14.6. The number of fused-ring (bicyclic) bond motifs is 1. The molecule has 230 valence electrons. The van der Waals surface area contributed by atoms with Crippen LogP contribution in [-0.2, 0) is 19.1 Å². The Balaban J connectivity index is 1.32. The number of carbonyl (C=O) groups is 2. The summed E-state index contributed by atoms with van der Waals surface area (Å²) in [5, 5.41) is 7.47. The molecule has 1 fully saturated rings. The van der Waals surface area contributed by atoms with Gasteiger partial charge in [0, 0.05) is 65.5 Å². The highest BCUT2D eigenvalue weighted by Crippen LogP contribution is 2.37. The molecule has 3 aromatic carbocycles. The summed E-state index contributed by atoms with van der Waals surface area (Å²) in [7, 11) is 3.17. The predicted octanol–water partition coefficient (Wildman–Crippen LogP) is 5.08. The molecule has 6 rings (SSSR count). The summed E-state index contributed by atoms with van der Waals surface area (Å²) in [6.45, 7) is 3.94. The smallest absolute Gasteiger partial charge is 0.186 e. The minimum atomic E-state index is -0.267. The fourth-order valence-electron chi connectivity index (χ4n) is 5.22. The number of hydrogen-bond acceptors (Lipinski definition) is 11. The van der Waals surface area contributed by atoms with Crippen molar-refractivity contribution in [3.8, 4) is 11.5 Å². The quantitative estimate of drug-likeness (QED) is 0.175. The van der Waals surface area contributed by atoms with Crippen molar-refractivity contribution in [3.05, 3.63) is 84.7 Å². The number of allylic oxidation sites excluding steroid dienone is 4. The first-order valence-corrected chi connectivity index (χ1v) is 14.6. The molecule has 2 heterocycles. The van der Waals surface area contributed by atoms with Crippen molar-refractivity contribution in [2.75, 3.05) is 69.3 Å². The van der Waals surface area contributed by atoms with Crippen LogP contribution in [0.4, 0.5) is 28.6 Å². The van der Waals surface area contributed by atoms with Crippen LogP contribution in [0.25, 0.3) is 16.5 Å². The van der Waals surface area contributed by atoms with Gasteiger partial charge in [-0.05, 0) is 66.8 Å². The summed E-state index contributed by atoms with van der Waals surface area (Å²) in [4.78, 5) is 36.6. The zero-order chi connectivity index (χ0) is 31.2. The SMILES string of the molecule is COCCOc1cc2ncnc(Nc3ccc(Nc4ccc(N5CCOCC5)cc4)cc3C3=CC(=O)C=CC3=O)c2cc1OC. The molecule has 0 unspecified atom stereocenters. The third-order valence-corrected chi connectivity index (χ3v) is 7.51. The fraction of sp³-hybridized carbons (Fsp3) is 0.235. The number of rotatable bonds is 11. The summed E-state index contributed by atoms with van der Waals surface area (Å²) in [6, 6.07) is 17.4. The normalized spacial score (nSPS) is 14.8. The van der Waals surface area contributed by atoms with Gasteiger partial charge >= 0.3 is 0 Å². The molecule has 4 aromatic rings. The van der Waals surface area contributed by atoms with Crippen LogP contribution in [-0.4, -0.2) is 75.3 Å². The van der Waals surface area contributed by atoms with E-state index in [-0.39, 0.29) is 17.1 Å². The number of benzene rings is 3. The topological polar surface area (TPSA) is 124 Å². The van der Waals surface area contributed by atoms with E-state index in [0.717, 1.165) is 43.4 Å². The first kappa shape index (κ1) is 29.8. The van der Waals surface area contributed by atoms with Crippen LogP contribution in [0.2, 0.25) is 0 Å². The minimum absolute atomic E-state index is 0.258. The van der Waals surface area contributed by atoms with Gasteiger partial charge in [-0.1, -0.05) is 0 Å². The van der Waals surface area contributed by atoms with Crippen LogP contribution in [0.1, 0.15) is 5.56 Å². The Morgan fingerprint density at radius 2 is 1.67 bits per heavy atom. The minimum Gasteiger partial charge on any atom is -0.493 e. The third-order valence-electron chi connectivity index (χ3n) is 7.51. The molecule has 1 aromatic heterocycles. The van der Waals surface area contributed by atoms with Gasteiger partial charge in [-0.2, -0.15) is 0 Å². The Labute approximate surface area is 260 Å². The van der Waals surface area contributed by atoms with Gasteiger partial charge in [0.1, 0.15) is 18.8 Å². The molecular weight excluding hydrogens is 574 g/mol. The van der Waals surface area contributed by atoms with Gasteiger partial charge in [-0.15, -0.1) is 0 Å². The van der Waals surface area contributed by atoms with Crippen molar-refractivity contribution in [2.24, 2.45) is 0 Å². The summed E-state index contributed by atoms with van der Waals surface area (Å²) < 4.78 is 22.0. The summed E-state index contributed by atoms with van der Waals surface area (Å²) in [5.74, 6) is 1.01. The Kier molecular flexibility index (Phi) is 8.99. The van der Waals surface area contributed by atoms with E-state index in [4.69, 9.17) is 18.9 Å². The van der Waals surface area contributed by atoms with Gasteiger partial charge in [0.25, 0.3) is 0 Å². The molecule has 1 saturated heterocycles. The third kappa shape index (κ3) is 6.79. The Morgan fingerprint density at radius 1 is 0.867 bits per heavy atom. The van der Waals surface area contributed by atoms with Gasteiger partial charge in [-0.25, -0.2) is 9.97 Å². The van der Waals surface area contributed by atoms with Crippen molar-refractivity contribution >= 4 is 56.6 Å². The van der Waals surface area contributed by atoms with Crippen LogP contribution >= 0.6 is 0 Å². The lowest BCUT2D eigenvalue weighted by molar-refractivity contribution is -0.113. The Bertz CT molecular complexity index is 1780. The zero-order valence-corrected chi connectivity index (χ0v) is 25.0. The Hall–Kier alpha value is -5.26. The molecule has 2 N–H and O–H groups in total. The number of morpholine rings is 1. The van der Waals surface area contributed by atoms with Crippen molar-refractivity contribution in [1.29, 1.82) is 0 Å². The number of nitrogens with zero attached hydrogens (tertiary/aromatic N) is 3. The number of anilines is 5. The number of ketones is 2. The van der Waals surface area contributed by atoms with E-state index in [0.29, 0.717) is 52.7 Å². The maximum Gasteiger partial charge on any atom is 0.186 e. The van der Waals surface area contributed by atoms with Gasteiger partial charge < -0.3 is 34.5 Å². The van der Waals surface area contributed by atoms with Gasteiger partial charge in [-0.3, -0.25) is 9.59 Å². The zero-order valence-electron chi connectivity index (χ0n) is 25.0. The van der Waals surface area contributed by atoms with Crippen molar-refractivity contribution in [2.45, 2.75) is 0 Å². The van der Waals surface area contributed by atoms with Crippen molar-refractivity contribution in [1.82, 2.24) is 9.97 Å². The van der Waals surface area contributed by atoms with Crippen LogP contribution in [0, 0.1) is 0 Å². The number of nitrogens with one attached hydrogen (secondary N) is 2. The highest BCUT2D eigenvalue weighted by Gasteiger charge is 2.21. The number of ether oxygens (including phenoxy) is 4. The van der Waals surface area contributed by atoms with Crippen LogP contribution in [0.15, 0.2) is 79.2 Å². The number of carbonyl (C=O) groups excluding carboxylic acids is 2. The maximum atomic E-state index is 13.0. The molecule has 1 aliphatic heterocycles.